The highest BCUT2D eigenvalue weighted by molar-refractivity contribution is 9.10. The summed E-state index contributed by atoms with van der Waals surface area (Å²) in [5.74, 6) is 0.577. The summed E-state index contributed by atoms with van der Waals surface area (Å²) in [7, 11) is 0. The first kappa shape index (κ1) is 10.0. The van der Waals surface area contributed by atoms with E-state index in [0.717, 1.165) is 5.56 Å². The summed E-state index contributed by atoms with van der Waals surface area (Å²) in [5.41, 5.74) is 0.746. The fourth-order valence-corrected chi connectivity index (χ4v) is 1.40. The van der Waals surface area contributed by atoms with Gasteiger partial charge >= 0.3 is 0 Å². The number of hydrogen-bond acceptors (Lipinski definition) is 3. The van der Waals surface area contributed by atoms with Crippen LogP contribution < -0.4 is 4.74 Å². The van der Waals surface area contributed by atoms with Crippen molar-refractivity contribution < 1.29 is 9.84 Å². The molecule has 1 rings (SSSR count). The molecule has 1 aromatic rings. The van der Waals surface area contributed by atoms with Crippen LogP contribution in [0.1, 0.15) is 5.56 Å². The van der Waals surface area contributed by atoms with Crippen molar-refractivity contribution in [3.63, 3.8) is 0 Å². The second kappa shape index (κ2) is 4.85. The van der Waals surface area contributed by atoms with Gasteiger partial charge in [0.1, 0.15) is 11.8 Å². The van der Waals surface area contributed by atoms with E-state index < -0.39 is 0 Å². The molecular weight excluding hydrogens is 234 g/mol. The van der Waals surface area contributed by atoms with Crippen LogP contribution in [0.2, 0.25) is 0 Å². The predicted molar refractivity (Wildman–Crippen MR) is 51.2 cm³/mol. The lowest BCUT2D eigenvalue weighted by molar-refractivity contribution is 0.279. The first-order valence-corrected chi connectivity index (χ1v) is 4.47. The Morgan fingerprint density at radius 3 is 2.92 bits per heavy atom. The van der Waals surface area contributed by atoms with Crippen molar-refractivity contribution in [1.29, 1.82) is 5.26 Å². The molecule has 0 aromatic heterocycles. The van der Waals surface area contributed by atoms with Crippen LogP contribution in [0.25, 0.3) is 0 Å². The van der Waals surface area contributed by atoms with E-state index in [9.17, 15) is 0 Å². The third kappa shape index (κ3) is 2.44. The Labute approximate surface area is 84.7 Å². The van der Waals surface area contributed by atoms with Gasteiger partial charge in [-0.15, -0.1) is 0 Å². The first-order chi connectivity index (χ1) is 6.29. The molecule has 68 valence electrons. The van der Waals surface area contributed by atoms with Crippen LogP contribution >= 0.6 is 15.9 Å². The molecule has 3 nitrogen and oxygen atoms in total. The summed E-state index contributed by atoms with van der Waals surface area (Å²) >= 11 is 3.28. The summed E-state index contributed by atoms with van der Waals surface area (Å²) in [6.07, 6.45) is 0. The molecule has 0 aliphatic heterocycles. The summed E-state index contributed by atoms with van der Waals surface area (Å²) in [4.78, 5) is 0. The zero-order valence-electron chi connectivity index (χ0n) is 6.83. The Morgan fingerprint density at radius 1 is 1.54 bits per heavy atom. The Morgan fingerprint density at radius 2 is 2.31 bits per heavy atom. The number of halogens is 1. The molecule has 0 bridgehead atoms. The van der Waals surface area contributed by atoms with Gasteiger partial charge in [0.2, 0.25) is 0 Å². The fourth-order valence-electron chi connectivity index (χ4n) is 0.900. The quantitative estimate of drug-likeness (QED) is 0.879. The van der Waals surface area contributed by atoms with E-state index >= 15 is 0 Å². The number of aliphatic hydroxyl groups is 1. The number of aliphatic hydroxyl groups excluding tert-OH is 1. The molecule has 0 unspecified atom stereocenters. The molecule has 4 heteroatoms. The Balaban J connectivity index is 2.89. The average Bonchev–Trinajstić information content (AvgIpc) is 2.16. The normalized spacial score (nSPS) is 9.31. The van der Waals surface area contributed by atoms with Crippen LogP contribution in [-0.4, -0.2) is 11.7 Å². The molecule has 0 heterocycles. The van der Waals surface area contributed by atoms with E-state index in [1.54, 1.807) is 18.2 Å². The van der Waals surface area contributed by atoms with Gasteiger partial charge in [0, 0.05) is 0 Å². The van der Waals surface area contributed by atoms with E-state index in [1.807, 2.05) is 6.07 Å². The van der Waals surface area contributed by atoms with Gasteiger partial charge in [-0.25, -0.2) is 0 Å². The van der Waals surface area contributed by atoms with Gasteiger partial charge in [-0.3, -0.25) is 0 Å². The van der Waals surface area contributed by atoms with Crippen LogP contribution in [0.5, 0.6) is 5.75 Å². The van der Waals surface area contributed by atoms with Crippen molar-refractivity contribution in [2.24, 2.45) is 0 Å². The number of benzene rings is 1. The van der Waals surface area contributed by atoms with Crippen molar-refractivity contribution in [3.8, 4) is 11.8 Å². The van der Waals surface area contributed by atoms with Crippen molar-refractivity contribution >= 4 is 15.9 Å². The van der Waals surface area contributed by atoms with Gasteiger partial charge in [0.25, 0.3) is 0 Å². The van der Waals surface area contributed by atoms with Crippen LogP contribution in [0.3, 0.4) is 0 Å². The second-order valence-electron chi connectivity index (χ2n) is 2.33. The lowest BCUT2D eigenvalue weighted by Gasteiger charge is -2.06. The maximum atomic E-state index is 8.92. The van der Waals surface area contributed by atoms with E-state index in [2.05, 4.69) is 15.9 Å². The van der Waals surface area contributed by atoms with E-state index in [0.29, 0.717) is 10.2 Å². The minimum atomic E-state index is -0.0513. The smallest absolute Gasteiger partial charge is 0.174 e. The summed E-state index contributed by atoms with van der Waals surface area (Å²) < 4.78 is 5.81. The number of ether oxygens (including phenoxy) is 1. The van der Waals surface area contributed by atoms with Gasteiger partial charge < -0.3 is 9.84 Å². The number of rotatable bonds is 3. The highest BCUT2D eigenvalue weighted by atomic mass is 79.9. The van der Waals surface area contributed by atoms with Crippen LogP contribution in [0, 0.1) is 11.3 Å². The van der Waals surface area contributed by atoms with E-state index in [4.69, 9.17) is 15.1 Å². The third-order valence-corrected chi connectivity index (χ3v) is 2.41. The summed E-state index contributed by atoms with van der Waals surface area (Å²) in [6.45, 7) is -0.0438. The minimum absolute atomic E-state index is 0.00742. The predicted octanol–water partition coefficient (Wildman–Crippen LogP) is 1.84. The molecule has 0 fully saturated rings. The molecule has 0 aliphatic rings. The third-order valence-electron chi connectivity index (χ3n) is 1.51. The monoisotopic (exact) mass is 241 g/mol. The fraction of sp³-hybridized carbons (Fsp3) is 0.222. The first-order valence-electron chi connectivity index (χ1n) is 3.67. The van der Waals surface area contributed by atoms with Crippen LogP contribution in [-0.2, 0) is 6.61 Å². The molecular formula is C9H8BrNO2. The maximum absolute atomic E-state index is 8.92. The molecule has 0 atom stereocenters. The van der Waals surface area contributed by atoms with Gasteiger partial charge in [-0.2, -0.15) is 5.26 Å². The lowest BCUT2D eigenvalue weighted by atomic mass is 10.2. The number of nitrogens with zero attached hydrogens (tertiary/aromatic N) is 1. The minimum Gasteiger partial charge on any atom is -0.478 e. The SMILES string of the molecule is N#CCOc1cccc(CO)c1Br. The van der Waals surface area contributed by atoms with E-state index in [1.165, 1.54) is 0 Å². The van der Waals surface area contributed by atoms with Crippen LogP contribution in [0.4, 0.5) is 0 Å². The van der Waals surface area contributed by atoms with Crippen molar-refractivity contribution in [3.05, 3.63) is 28.2 Å². The largest absolute Gasteiger partial charge is 0.478 e. The maximum Gasteiger partial charge on any atom is 0.174 e. The Bertz CT molecular complexity index is 333. The van der Waals surface area contributed by atoms with E-state index in [-0.39, 0.29) is 13.2 Å². The molecule has 0 amide bonds. The van der Waals surface area contributed by atoms with Gasteiger partial charge in [-0.05, 0) is 27.6 Å². The van der Waals surface area contributed by atoms with Crippen molar-refractivity contribution in [2.45, 2.75) is 6.61 Å². The molecule has 13 heavy (non-hydrogen) atoms. The molecule has 1 aromatic carbocycles. The zero-order valence-corrected chi connectivity index (χ0v) is 8.41. The highest BCUT2D eigenvalue weighted by Crippen LogP contribution is 2.28. The average molecular weight is 242 g/mol. The topological polar surface area (TPSA) is 53.2 Å². The molecule has 0 saturated heterocycles. The molecule has 0 spiro atoms. The Hall–Kier alpha value is -1.05. The van der Waals surface area contributed by atoms with Gasteiger partial charge in [0.05, 0.1) is 11.1 Å². The van der Waals surface area contributed by atoms with Gasteiger partial charge in [0.15, 0.2) is 6.61 Å². The molecule has 1 N–H and O–H groups in total. The van der Waals surface area contributed by atoms with Gasteiger partial charge in [-0.1, -0.05) is 12.1 Å². The second-order valence-corrected chi connectivity index (χ2v) is 3.13. The summed E-state index contributed by atoms with van der Waals surface area (Å²) in [6, 6.07) is 7.16. The summed E-state index contributed by atoms with van der Waals surface area (Å²) in [5, 5.41) is 17.2. The number of nitriles is 1. The lowest BCUT2D eigenvalue weighted by Crippen LogP contribution is -1.96. The van der Waals surface area contributed by atoms with Crippen molar-refractivity contribution in [1.82, 2.24) is 0 Å². The Kier molecular flexibility index (Phi) is 3.74. The zero-order chi connectivity index (χ0) is 9.68. The highest BCUT2D eigenvalue weighted by Gasteiger charge is 2.04. The molecule has 0 saturated carbocycles. The van der Waals surface area contributed by atoms with Crippen LogP contribution in [0.15, 0.2) is 22.7 Å². The van der Waals surface area contributed by atoms with Crippen molar-refractivity contribution in [2.75, 3.05) is 6.61 Å². The molecule has 0 radical (unpaired) electrons. The standard InChI is InChI=1S/C9H8BrNO2/c10-9-7(6-12)2-1-3-8(9)13-5-4-11/h1-3,12H,5-6H2. The molecule has 0 aliphatic carbocycles. The number of hydrogen-bond donors (Lipinski definition) is 1.